The second-order valence-corrected chi connectivity index (χ2v) is 5.91. The van der Waals surface area contributed by atoms with Crippen molar-refractivity contribution in [3.05, 3.63) is 38.4 Å². The molecule has 0 bridgehead atoms. The van der Waals surface area contributed by atoms with Crippen LogP contribution in [0.3, 0.4) is 0 Å². The molecule has 0 spiro atoms. The lowest BCUT2D eigenvalue weighted by molar-refractivity contribution is -0.385. The van der Waals surface area contributed by atoms with E-state index in [-0.39, 0.29) is 18.1 Å². The van der Waals surface area contributed by atoms with Crippen molar-refractivity contribution in [1.82, 2.24) is 24.5 Å². The highest BCUT2D eigenvalue weighted by Crippen LogP contribution is 2.18. The Bertz CT molecular complexity index is 738. The third kappa shape index (κ3) is 3.76. The molecule has 0 saturated heterocycles. The van der Waals surface area contributed by atoms with E-state index in [4.69, 9.17) is 0 Å². The molecular formula is C13H17BrN6O3. The molecule has 0 aromatic carbocycles. The van der Waals surface area contributed by atoms with Crippen molar-refractivity contribution in [3.63, 3.8) is 0 Å². The van der Waals surface area contributed by atoms with Crippen LogP contribution in [-0.2, 0) is 24.4 Å². The Morgan fingerprint density at radius 3 is 2.74 bits per heavy atom. The Labute approximate surface area is 141 Å². The molecule has 0 fully saturated rings. The SMILES string of the molecule is CCn1cc(Br)c(CN(C)C(=O)Cn2ncc([N+](=O)[O-])c2C)n1. The third-order valence-electron chi connectivity index (χ3n) is 3.48. The summed E-state index contributed by atoms with van der Waals surface area (Å²) < 4.78 is 3.94. The van der Waals surface area contributed by atoms with Crippen molar-refractivity contribution >= 4 is 27.5 Å². The van der Waals surface area contributed by atoms with Gasteiger partial charge in [0.25, 0.3) is 0 Å². The molecule has 0 radical (unpaired) electrons. The summed E-state index contributed by atoms with van der Waals surface area (Å²) >= 11 is 3.42. The van der Waals surface area contributed by atoms with Crippen LogP contribution < -0.4 is 0 Å². The van der Waals surface area contributed by atoms with E-state index in [0.717, 1.165) is 22.9 Å². The van der Waals surface area contributed by atoms with Gasteiger partial charge < -0.3 is 4.90 Å². The van der Waals surface area contributed by atoms with Crippen LogP contribution in [0.4, 0.5) is 5.69 Å². The van der Waals surface area contributed by atoms with Crippen molar-refractivity contribution in [3.8, 4) is 0 Å². The van der Waals surface area contributed by atoms with E-state index >= 15 is 0 Å². The zero-order chi connectivity index (χ0) is 17.1. The number of hydrogen-bond acceptors (Lipinski definition) is 5. The Morgan fingerprint density at radius 2 is 2.22 bits per heavy atom. The smallest absolute Gasteiger partial charge is 0.309 e. The highest BCUT2D eigenvalue weighted by molar-refractivity contribution is 9.10. The third-order valence-corrected chi connectivity index (χ3v) is 4.15. The average Bonchev–Trinajstić information content (AvgIpc) is 3.03. The van der Waals surface area contributed by atoms with Gasteiger partial charge in [-0.2, -0.15) is 10.2 Å². The molecule has 9 nitrogen and oxygen atoms in total. The molecule has 0 saturated carbocycles. The Morgan fingerprint density at radius 1 is 1.52 bits per heavy atom. The number of aromatic nitrogens is 4. The van der Waals surface area contributed by atoms with Crippen LogP contribution in [0.15, 0.2) is 16.9 Å². The molecule has 124 valence electrons. The second kappa shape index (κ2) is 6.90. The minimum Gasteiger partial charge on any atom is -0.338 e. The van der Waals surface area contributed by atoms with Gasteiger partial charge in [-0.25, -0.2) is 0 Å². The molecule has 10 heteroatoms. The topological polar surface area (TPSA) is 99.1 Å². The van der Waals surface area contributed by atoms with Crippen molar-refractivity contribution in [2.45, 2.75) is 33.5 Å². The molecule has 23 heavy (non-hydrogen) atoms. The largest absolute Gasteiger partial charge is 0.338 e. The van der Waals surface area contributed by atoms with E-state index < -0.39 is 4.92 Å². The first-order chi connectivity index (χ1) is 10.8. The summed E-state index contributed by atoms with van der Waals surface area (Å²) in [6.07, 6.45) is 3.01. The first-order valence-electron chi connectivity index (χ1n) is 6.96. The average molecular weight is 385 g/mol. The molecule has 0 unspecified atom stereocenters. The van der Waals surface area contributed by atoms with Crippen LogP contribution in [0.5, 0.6) is 0 Å². The Hall–Kier alpha value is -2.23. The van der Waals surface area contributed by atoms with E-state index in [0.29, 0.717) is 12.2 Å². The summed E-state index contributed by atoms with van der Waals surface area (Å²) in [5, 5.41) is 19.1. The fourth-order valence-corrected chi connectivity index (χ4v) is 2.48. The zero-order valence-corrected chi connectivity index (χ0v) is 14.6. The number of rotatable bonds is 6. The number of carbonyl (C=O) groups is 1. The normalized spacial score (nSPS) is 10.8. The van der Waals surface area contributed by atoms with E-state index in [1.165, 1.54) is 9.58 Å². The highest BCUT2D eigenvalue weighted by atomic mass is 79.9. The molecule has 2 aromatic rings. The first kappa shape index (κ1) is 17.1. The summed E-state index contributed by atoms with van der Waals surface area (Å²) in [5.74, 6) is -0.205. The molecule has 2 aromatic heterocycles. The summed E-state index contributed by atoms with van der Waals surface area (Å²) in [6, 6.07) is 0. The molecule has 2 rings (SSSR count). The molecule has 0 aliphatic carbocycles. The summed E-state index contributed by atoms with van der Waals surface area (Å²) in [7, 11) is 1.66. The van der Waals surface area contributed by atoms with Crippen LogP contribution in [0.2, 0.25) is 0 Å². The van der Waals surface area contributed by atoms with Gasteiger partial charge in [-0.05, 0) is 29.8 Å². The molecule has 2 heterocycles. The number of likely N-dealkylation sites (N-methyl/N-ethyl adjacent to an activating group) is 1. The monoisotopic (exact) mass is 384 g/mol. The van der Waals surface area contributed by atoms with Gasteiger partial charge in [0.1, 0.15) is 18.4 Å². The maximum Gasteiger partial charge on any atom is 0.309 e. The predicted octanol–water partition coefficient (Wildman–Crippen LogP) is 1.74. The molecule has 0 atom stereocenters. The van der Waals surface area contributed by atoms with E-state index in [1.807, 2.05) is 13.1 Å². The quantitative estimate of drug-likeness (QED) is 0.557. The summed E-state index contributed by atoms with van der Waals surface area (Å²) in [5.41, 5.74) is 1.02. The van der Waals surface area contributed by atoms with Gasteiger partial charge >= 0.3 is 5.69 Å². The number of hydrogen-bond donors (Lipinski definition) is 0. The highest BCUT2D eigenvalue weighted by Gasteiger charge is 2.20. The number of aryl methyl sites for hydroxylation is 1. The summed E-state index contributed by atoms with van der Waals surface area (Å²) in [6.45, 7) is 4.58. The maximum atomic E-state index is 12.3. The fraction of sp³-hybridized carbons (Fsp3) is 0.462. The number of carbonyl (C=O) groups excluding carboxylic acids is 1. The number of nitro groups is 1. The maximum absolute atomic E-state index is 12.3. The zero-order valence-electron chi connectivity index (χ0n) is 13.1. The Kier molecular flexibility index (Phi) is 5.14. The van der Waals surface area contributed by atoms with Gasteiger partial charge in [0.15, 0.2) is 0 Å². The standard InChI is InChI=1S/C13H17BrN6O3/c1-4-18-6-10(14)11(16-18)7-17(3)13(21)8-19-9(2)12(5-15-19)20(22)23/h5-6H,4,7-8H2,1-3H3. The van der Waals surface area contributed by atoms with Crippen molar-refractivity contribution in [2.24, 2.45) is 0 Å². The predicted molar refractivity (Wildman–Crippen MR) is 85.7 cm³/mol. The summed E-state index contributed by atoms with van der Waals surface area (Å²) in [4.78, 5) is 24.1. The Balaban J connectivity index is 2.05. The lowest BCUT2D eigenvalue weighted by Gasteiger charge is -2.16. The van der Waals surface area contributed by atoms with Gasteiger partial charge in [-0.15, -0.1) is 0 Å². The van der Waals surface area contributed by atoms with Crippen molar-refractivity contribution in [2.75, 3.05) is 7.05 Å². The van der Waals surface area contributed by atoms with E-state index in [9.17, 15) is 14.9 Å². The van der Waals surface area contributed by atoms with Crippen molar-refractivity contribution in [1.29, 1.82) is 0 Å². The van der Waals surface area contributed by atoms with Crippen LogP contribution in [0.25, 0.3) is 0 Å². The lowest BCUT2D eigenvalue weighted by Crippen LogP contribution is -2.30. The molecule has 1 amide bonds. The van der Waals surface area contributed by atoms with Gasteiger partial charge in [0.05, 0.1) is 21.6 Å². The van der Waals surface area contributed by atoms with Gasteiger partial charge in [-0.1, -0.05) is 0 Å². The van der Waals surface area contributed by atoms with Crippen LogP contribution in [-0.4, -0.2) is 42.3 Å². The van der Waals surface area contributed by atoms with Crippen LogP contribution in [0.1, 0.15) is 18.3 Å². The number of nitrogens with zero attached hydrogens (tertiary/aromatic N) is 6. The van der Waals surface area contributed by atoms with Crippen LogP contribution in [0, 0.1) is 17.0 Å². The minimum atomic E-state index is -0.512. The fourth-order valence-electron chi connectivity index (χ4n) is 2.04. The lowest BCUT2D eigenvalue weighted by atomic mass is 10.3. The number of amides is 1. The molecule has 0 aliphatic rings. The van der Waals surface area contributed by atoms with Gasteiger partial charge in [0, 0.05) is 19.8 Å². The van der Waals surface area contributed by atoms with Crippen molar-refractivity contribution < 1.29 is 9.72 Å². The van der Waals surface area contributed by atoms with Gasteiger partial charge in [0.2, 0.25) is 5.91 Å². The van der Waals surface area contributed by atoms with E-state index in [1.54, 1.807) is 18.7 Å². The van der Waals surface area contributed by atoms with Crippen LogP contribution >= 0.6 is 15.9 Å². The molecule has 0 N–H and O–H groups in total. The molecular weight excluding hydrogens is 368 g/mol. The van der Waals surface area contributed by atoms with E-state index in [2.05, 4.69) is 26.1 Å². The number of halogens is 1. The second-order valence-electron chi connectivity index (χ2n) is 5.06. The molecule has 0 aliphatic heterocycles. The minimum absolute atomic E-state index is 0.0533. The van der Waals surface area contributed by atoms with Gasteiger partial charge in [-0.3, -0.25) is 24.3 Å². The first-order valence-corrected chi connectivity index (χ1v) is 7.75.